The lowest BCUT2D eigenvalue weighted by Crippen LogP contribution is -2.16. The smallest absolute Gasteiger partial charge is 0.337 e. The number of nitro groups is 1. The number of sulfonamides is 1. The van der Waals surface area contributed by atoms with Crippen LogP contribution in [0, 0.1) is 10.1 Å². The van der Waals surface area contributed by atoms with E-state index in [0.29, 0.717) is 23.7 Å². The van der Waals surface area contributed by atoms with Crippen molar-refractivity contribution in [2.24, 2.45) is 5.10 Å². The van der Waals surface area contributed by atoms with Gasteiger partial charge < -0.3 is 14.6 Å². The first kappa shape index (κ1) is 26.0. The average Bonchev–Trinajstić information content (AvgIpc) is 2.84. The molecule has 0 aliphatic heterocycles. The number of nitrogens with one attached hydrogen (secondary N) is 2. The van der Waals surface area contributed by atoms with Gasteiger partial charge in [-0.1, -0.05) is 12.1 Å². The molecule has 36 heavy (non-hydrogen) atoms. The Morgan fingerprint density at radius 3 is 2.53 bits per heavy atom. The Hall–Kier alpha value is -4.65. The van der Waals surface area contributed by atoms with E-state index in [4.69, 9.17) is 9.47 Å². The molecule has 13 heteroatoms. The number of carbonyl (C=O) groups is 1. The minimum atomic E-state index is -4.33. The van der Waals surface area contributed by atoms with Gasteiger partial charge in [-0.15, -0.1) is 0 Å². The lowest BCUT2D eigenvalue weighted by atomic mass is 10.2. The van der Waals surface area contributed by atoms with E-state index in [1.54, 1.807) is 18.2 Å². The summed E-state index contributed by atoms with van der Waals surface area (Å²) in [7, 11) is -2.84. The van der Waals surface area contributed by atoms with Gasteiger partial charge in [0.1, 0.15) is 5.69 Å². The van der Waals surface area contributed by atoms with Gasteiger partial charge in [0.15, 0.2) is 11.5 Å². The van der Waals surface area contributed by atoms with Gasteiger partial charge >= 0.3 is 5.97 Å². The molecule has 3 aromatic rings. The van der Waals surface area contributed by atoms with Gasteiger partial charge in [0.25, 0.3) is 15.7 Å². The van der Waals surface area contributed by atoms with Gasteiger partial charge in [0, 0.05) is 6.07 Å². The molecular weight excluding hydrogens is 492 g/mol. The molecule has 0 saturated heterocycles. The number of methoxy groups -OCH3 is 1. The van der Waals surface area contributed by atoms with E-state index >= 15 is 0 Å². The third kappa shape index (κ3) is 6.07. The first-order chi connectivity index (χ1) is 17.2. The molecule has 0 heterocycles. The highest BCUT2D eigenvalue weighted by atomic mass is 32.2. The fraction of sp³-hybridized carbons (Fsp3) is 0.130. The minimum Gasteiger partial charge on any atom is -0.493 e. The lowest BCUT2D eigenvalue weighted by molar-refractivity contribution is -0.384. The predicted molar refractivity (Wildman–Crippen MR) is 133 cm³/mol. The fourth-order valence-electron chi connectivity index (χ4n) is 3.10. The van der Waals surface area contributed by atoms with Crippen molar-refractivity contribution in [2.45, 2.75) is 11.8 Å². The van der Waals surface area contributed by atoms with Crippen molar-refractivity contribution in [3.05, 3.63) is 81.9 Å². The van der Waals surface area contributed by atoms with Crippen LogP contribution in [0.25, 0.3) is 0 Å². The Kier molecular flexibility index (Phi) is 8.07. The van der Waals surface area contributed by atoms with E-state index in [0.717, 1.165) is 12.1 Å². The highest BCUT2D eigenvalue weighted by molar-refractivity contribution is 7.92. The quantitative estimate of drug-likeness (QED) is 0.195. The fourth-order valence-corrected chi connectivity index (χ4v) is 4.20. The largest absolute Gasteiger partial charge is 0.493 e. The molecule has 0 bridgehead atoms. The zero-order valence-electron chi connectivity index (χ0n) is 19.2. The van der Waals surface area contributed by atoms with Gasteiger partial charge in [-0.05, 0) is 55.0 Å². The predicted octanol–water partition coefficient (Wildman–Crippen LogP) is 3.95. The molecule has 0 unspecified atom stereocenters. The second-order valence-corrected chi connectivity index (χ2v) is 8.79. The number of carboxylic acid groups (broad SMARTS) is 1. The third-order valence-corrected chi connectivity index (χ3v) is 6.13. The molecular formula is C23H22N4O8S. The maximum absolute atomic E-state index is 12.8. The Labute approximate surface area is 206 Å². The molecule has 0 fully saturated rings. The van der Waals surface area contributed by atoms with Gasteiger partial charge in [-0.2, -0.15) is 5.10 Å². The monoisotopic (exact) mass is 514 g/mol. The molecule has 3 N–H and O–H groups in total. The van der Waals surface area contributed by atoms with Crippen LogP contribution in [0.15, 0.2) is 70.7 Å². The van der Waals surface area contributed by atoms with Crippen LogP contribution in [0.3, 0.4) is 0 Å². The van der Waals surface area contributed by atoms with E-state index < -0.39 is 31.5 Å². The maximum atomic E-state index is 12.8. The molecule has 3 aromatic carbocycles. The second-order valence-electron chi connectivity index (χ2n) is 7.11. The van der Waals surface area contributed by atoms with Crippen LogP contribution in [-0.4, -0.2) is 44.3 Å². The molecule has 0 atom stereocenters. The average molecular weight is 515 g/mol. The van der Waals surface area contributed by atoms with Crippen LogP contribution in [0.5, 0.6) is 11.5 Å². The van der Waals surface area contributed by atoms with Crippen molar-refractivity contribution in [1.29, 1.82) is 0 Å². The molecule has 0 saturated carbocycles. The standard InChI is InChI=1S/C23H22N4O8S/c1-3-35-21-11-8-15(12-22(21)34-2)14-24-25-19-10-9-16(13-20(19)27(30)31)36(32,33)26-18-7-5-4-6-17(18)23(28)29/h4-14,25-26H,3H2,1-2H3,(H,28,29)/b24-14-. The van der Waals surface area contributed by atoms with Gasteiger partial charge in [-0.25, -0.2) is 13.2 Å². The van der Waals surface area contributed by atoms with Crippen molar-refractivity contribution in [2.75, 3.05) is 23.9 Å². The molecule has 0 aliphatic rings. The lowest BCUT2D eigenvalue weighted by Gasteiger charge is -2.11. The highest BCUT2D eigenvalue weighted by Gasteiger charge is 2.23. The maximum Gasteiger partial charge on any atom is 0.337 e. The van der Waals surface area contributed by atoms with Crippen LogP contribution in [-0.2, 0) is 10.0 Å². The molecule has 3 rings (SSSR count). The Balaban J connectivity index is 1.84. The van der Waals surface area contributed by atoms with Crippen LogP contribution in [0.1, 0.15) is 22.8 Å². The number of hydrogen-bond donors (Lipinski definition) is 3. The SMILES string of the molecule is CCOc1ccc(/C=N\Nc2ccc(S(=O)(=O)Nc3ccccc3C(=O)O)cc2[N+](=O)[O-])cc1OC. The van der Waals surface area contributed by atoms with E-state index in [2.05, 4.69) is 15.2 Å². The number of benzene rings is 3. The second kappa shape index (κ2) is 11.2. The summed E-state index contributed by atoms with van der Waals surface area (Å²) in [5.74, 6) is -0.294. The first-order valence-corrected chi connectivity index (χ1v) is 11.9. The number of nitrogens with zero attached hydrogens (tertiary/aromatic N) is 2. The zero-order valence-corrected chi connectivity index (χ0v) is 20.0. The van der Waals surface area contributed by atoms with Crippen LogP contribution < -0.4 is 19.6 Å². The topological polar surface area (TPSA) is 169 Å². The summed E-state index contributed by atoms with van der Waals surface area (Å²) in [6, 6.07) is 13.6. The van der Waals surface area contributed by atoms with E-state index in [9.17, 15) is 28.4 Å². The molecule has 0 aliphatic carbocycles. The van der Waals surface area contributed by atoms with Crippen molar-refractivity contribution in [3.63, 3.8) is 0 Å². The van der Waals surface area contributed by atoms with E-state index in [1.165, 1.54) is 43.7 Å². The Morgan fingerprint density at radius 2 is 1.86 bits per heavy atom. The number of rotatable bonds is 11. The Bertz CT molecular complexity index is 1420. The summed E-state index contributed by atoms with van der Waals surface area (Å²) in [6.45, 7) is 2.30. The summed E-state index contributed by atoms with van der Waals surface area (Å²) in [5.41, 5.74) is 2.10. The molecule has 0 amide bonds. The molecule has 12 nitrogen and oxygen atoms in total. The van der Waals surface area contributed by atoms with Crippen LogP contribution in [0.2, 0.25) is 0 Å². The van der Waals surface area contributed by atoms with Gasteiger partial charge in [0.05, 0.1) is 41.0 Å². The van der Waals surface area contributed by atoms with Crippen molar-refractivity contribution >= 4 is 39.3 Å². The number of nitro benzene ring substituents is 1. The van der Waals surface area contributed by atoms with Crippen LogP contribution >= 0.6 is 0 Å². The minimum absolute atomic E-state index is 0.0564. The number of hydrazone groups is 1. The van der Waals surface area contributed by atoms with Crippen LogP contribution in [0.4, 0.5) is 17.1 Å². The molecule has 0 spiro atoms. The van der Waals surface area contributed by atoms with Crippen molar-refractivity contribution in [3.8, 4) is 11.5 Å². The van der Waals surface area contributed by atoms with E-state index in [-0.39, 0.29) is 16.9 Å². The number of carboxylic acids is 1. The van der Waals surface area contributed by atoms with Crippen molar-refractivity contribution in [1.82, 2.24) is 0 Å². The van der Waals surface area contributed by atoms with Gasteiger partial charge in [0.2, 0.25) is 0 Å². The number of ether oxygens (including phenoxy) is 2. The zero-order chi connectivity index (χ0) is 26.3. The number of para-hydroxylation sites is 1. The molecule has 0 aromatic heterocycles. The number of aromatic carboxylic acids is 1. The normalized spacial score (nSPS) is 11.2. The molecule has 0 radical (unpaired) electrons. The third-order valence-electron chi connectivity index (χ3n) is 4.76. The first-order valence-electron chi connectivity index (χ1n) is 10.4. The number of anilines is 2. The highest BCUT2D eigenvalue weighted by Crippen LogP contribution is 2.30. The number of hydrogen-bond acceptors (Lipinski definition) is 9. The summed E-state index contributed by atoms with van der Waals surface area (Å²) in [4.78, 5) is 21.8. The summed E-state index contributed by atoms with van der Waals surface area (Å²) >= 11 is 0. The summed E-state index contributed by atoms with van der Waals surface area (Å²) in [5, 5.41) is 24.9. The van der Waals surface area contributed by atoms with Crippen molar-refractivity contribution < 1.29 is 32.7 Å². The Morgan fingerprint density at radius 1 is 1.11 bits per heavy atom. The molecule has 188 valence electrons. The summed E-state index contributed by atoms with van der Waals surface area (Å²) < 4.78 is 38.5. The summed E-state index contributed by atoms with van der Waals surface area (Å²) in [6.07, 6.45) is 1.40. The van der Waals surface area contributed by atoms with Gasteiger partial charge in [-0.3, -0.25) is 20.3 Å². The van der Waals surface area contributed by atoms with E-state index in [1.807, 2.05) is 6.92 Å².